The van der Waals surface area contributed by atoms with Crippen LogP contribution in [0.5, 0.6) is 0 Å². The Morgan fingerprint density at radius 1 is 1.53 bits per heavy atom. The van der Waals surface area contributed by atoms with E-state index in [4.69, 9.17) is 0 Å². The number of aromatic nitrogens is 1. The minimum absolute atomic E-state index is 0.0431. The van der Waals surface area contributed by atoms with E-state index in [1.54, 1.807) is 19.3 Å². The molecule has 1 aliphatic rings. The van der Waals surface area contributed by atoms with Crippen LogP contribution in [0.25, 0.3) is 0 Å². The minimum Gasteiger partial charge on any atom is -0.393 e. The van der Waals surface area contributed by atoms with Gasteiger partial charge in [0, 0.05) is 25.0 Å². The van der Waals surface area contributed by atoms with E-state index >= 15 is 0 Å². The monoisotopic (exact) mass is 262 g/mol. The van der Waals surface area contributed by atoms with E-state index in [-0.39, 0.29) is 18.1 Å². The van der Waals surface area contributed by atoms with Crippen molar-refractivity contribution in [1.29, 1.82) is 0 Å². The number of pyridine rings is 1. The smallest absolute Gasteiger partial charge is 0.255 e. The third-order valence-electron chi connectivity index (χ3n) is 3.62. The molecule has 1 aromatic rings. The van der Waals surface area contributed by atoms with Crippen molar-refractivity contribution in [3.05, 3.63) is 29.6 Å². The van der Waals surface area contributed by atoms with E-state index in [0.717, 1.165) is 31.4 Å². The Morgan fingerprint density at radius 2 is 2.32 bits per heavy atom. The van der Waals surface area contributed by atoms with Gasteiger partial charge in [0.15, 0.2) is 0 Å². The molecule has 0 aliphatic carbocycles. The summed E-state index contributed by atoms with van der Waals surface area (Å²) < 4.78 is 0. The number of aryl methyl sites for hydroxylation is 1. The molecule has 2 unspecified atom stereocenters. The molecule has 19 heavy (non-hydrogen) atoms. The number of piperidine rings is 1. The Hall–Kier alpha value is -1.42. The number of aliphatic hydroxyl groups excluding tert-OH is 1. The van der Waals surface area contributed by atoms with Crippen LogP contribution in [0.2, 0.25) is 0 Å². The van der Waals surface area contributed by atoms with Crippen molar-refractivity contribution < 1.29 is 9.90 Å². The molecule has 2 rings (SSSR count). The number of carbonyl (C=O) groups is 1. The van der Waals surface area contributed by atoms with Gasteiger partial charge < -0.3 is 10.0 Å². The Labute approximate surface area is 114 Å². The molecule has 2 heterocycles. The lowest BCUT2D eigenvalue weighted by atomic mass is 9.96. The highest BCUT2D eigenvalue weighted by molar-refractivity contribution is 5.94. The first kappa shape index (κ1) is 14.0. The van der Waals surface area contributed by atoms with Gasteiger partial charge in [-0.2, -0.15) is 0 Å². The first-order chi connectivity index (χ1) is 9.08. The maximum Gasteiger partial charge on any atom is 0.255 e. The standard InChI is InChI=1S/C15H22N2O2/c1-11-7-13(10-16-9-11)15(19)17-6-4-3-5-14(17)8-12(2)18/h7,9-10,12,14,18H,3-6,8H2,1-2H3. The number of rotatable bonds is 3. The highest BCUT2D eigenvalue weighted by Gasteiger charge is 2.28. The number of hydrogen-bond donors (Lipinski definition) is 1. The van der Waals surface area contributed by atoms with Crippen molar-refractivity contribution >= 4 is 5.91 Å². The van der Waals surface area contributed by atoms with E-state index in [0.29, 0.717) is 12.0 Å². The first-order valence-electron chi connectivity index (χ1n) is 6.98. The van der Waals surface area contributed by atoms with Gasteiger partial charge in [-0.3, -0.25) is 9.78 Å². The lowest BCUT2D eigenvalue weighted by molar-refractivity contribution is 0.0514. The van der Waals surface area contributed by atoms with Crippen LogP contribution >= 0.6 is 0 Å². The number of hydrogen-bond acceptors (Lipinski definition) is 3. The number of aliphatic hydroxyl groups is 1. The number of likely N-dealkylation sites (tertiary alicyclic amines) is 1. The molecular formula is C15H22N2O2. The Bertz CT molecular complexity index is 446. The molecule has 4 heteroatoms. The van der Waals surface area contributed by atoms with Gasteiger partial charge in [-0.05, 0) is 51.2 Å². The van der Waals surface area contributed by atoms with Crippen LogP contribution in [0, 0.1) is 6.92 Å². The van der Waals surface area contributed by atoms with Crippen molar-refractivity contribution in [3.8, 4) is 0 Å². The molecule has 0 aromatic carbocycles. The van der Waals surface area contributed by atoms with Crippen LogP contribution in [0.3, 0.4) is 0 Å². The predicted octanol–water partition coefficient (Wildman–Crippen LogP) is 2.16. The summed E-state index contributed by atoms with van der Waals surface area (Å²) in [6.45, 7) is 4.50. The van der Waals surface area contributed by atoms with E-state index in [2.05, 4.69) is 4.98 Å². The molecular weight excluding hydrogens is 240 g/mol. The Morgan fingerprint density at radius 3 is 3.00 bits per heavy atom. The maximum atomic E-state index is 12.5. The molecule has 1 fully saturated rings. The second-order valence-corrected chi connectivity index (χ2v) is 5.48. The van der Waals surface area contributed by atoms with Crippen LogP contribution in [-0.4, -0.2) is 39.6 Å². The highest BCUT2D eigenvalue weighted by atomic mass is 16.3. The summed E-state index contributed by atoms with van der Waals surface area (Å²) >= 11 is 0. The van der Waals surface area contributed by atoms with E-state index in [9.17, 15) is 9.90 Å². The number of nitrogens with zero attached hydrogens (tertiary/aromatic N) is 2. The molecule has 1 amide bonds. The molecule has 0 saturated carbocycles. The maximum absolute atomic E-state index is 12.5. The molecule has 0 spiro atoms. The minimum atomic E-state index is -0.367. The van der Waals surface area contributed by atoms with E-state index in [1.807, 2.05) is 17.9 Å². The zero-order chi connectivity index (χ0) is 13.8. The van der Waals surface area contributed by atoms with Crippen molar-refractivity contribution in [2.24, 2.45) is 0 Å². The summed E-state index contributed by atoms with van der Waals surface area (Å²) in [6, 6.07) is 2.03. The second kappa shape index (κ2) is 6.15. The topological polar surface area (TPSA) is 53.4 Å². The summed E-state index contributed by atoms with van der Waals surface area (Å²) in [7, 11) is 0. The summed E-state index contributed by atoms with van der Waals surface area (Å²) in [5, 5.41) is 9.57. The van der Waals surface area contributed by atoms with Crippen molar-refractivity contribution in [2.45, 2.75) is 51.7 Å². The molecule has 0 radical (unpaired) electrons. The van der Waals surface area contributed by atoms with Gasteiger partial charge in [0.1, 0.15) is 0 Å². The predicted molar refractivity (Wildman–Crippen MR) is 73.9 cm³/mol. The van der Waals surface area contributed by atoms with Crippen molar-refractivity contribution in [1.82, 2.24) is 9.88 Å². The van der Waals surface area contributed by atoms with Crippen molar-refractivity contribution in [3.63, 3.8) is 0 Å². The lowest BCUT2D eigenvalue weighted by Gasteiger charge is -2.36. The fraction of sp³-hybridized carbons (Fsp3) is 0.600. The molecule has 1 aromatic heterocycles. The van der Waals surface area contributed by atoms with Crippen molar-refractivity contribution in [2.75, 3.05) is 6.54 Å². The summed E-state index contributed by atoms with van der Waals surface area (Å²) in [5.74, 6) is 0.0431. The molecule has 104 valence electrons. The average molecular weight is 262 g/mol. The van der Waals surface area contributed by atoms with Gasteiger partial charge >= 0.3 is 0 Å². The normalized spacial score (nSPS) is 21.2. The van der Waals surface area contributed by atoms with Crippen LogP contribution in [0.1, 0.15) is 48.5 Å². The first-order valence-corrected chi connectivity index (χ1v) is 6.98. The average Bonchev–Trinajstić information content (AvgIpc) is 2.38. The third-order valence-corrected chi connectivity index (χ3v) is 3.62. The van der Waals surface area contributed by atoms with E-state index < -0.39 is 0 Å². The van der Waals surface area contributed by atoms with Gasteiger partial charge in [-0.1, -0.05) is 0 Å². The van der Waals surface area contributed by atoms with Gasteiger partial charge in [0.05, 0.1) is 11.7 Å². The van der Waals surface area contributed by atoms with E-state index in [1.165, 1.54) is 0 Å². The third kappa shape index (κ3) is 3.53. The molecule has 4 nitrogen and oxygen atoms in total. The number of amides is 1. The summed E-state index contributed by atoms with van der Waals surface area (Å²) in [6.07, 6.45) is 6.83. The van der Waals surface area contributed by atoms with Crippen LogP contribution in [-0.2, 0) is 0 Å². The largest absolute Gasteiger partial charge is 0.393 e. The molecule has 1 N–H and O–H groups in total. The molecule has 1 aliphatic heterocycles. The Balaban J connectivity index is 2.15. The van der Waals surface area contributed by atoms with Gasteiger partial charge in [0.25, 0.3) is 5.91 Å². The second-order valence-electron chi connectivity index (χ2n) is 5.48. The SMILES string of the molecule is Cc1cncc(C(=O)N2CCCCC2CC(C)O)c1. The van der Waals surface area contributed by atoms with Gasteiger partial charge in [0.2, 0.25) is 0 Å². The van der Waals surface area contributed by atoms with Crippen LogP contribution < -0.4 is 0 Å². The Kier molecular flexibility index (Phi) is 4.53. The number of carbonyl (C=O) groups excluding carboxylic acids is 1. The summed E-state index contributed by atoms with van der Waals surface area (Å²) in [5.41, 5.74) is 1.65. The van der Waals surface area contributed by atoms with Crippen LogP contribution in [0.15, 0.2) is 18.5 Å². The lowest BCUT2D eigenvalue weighted by Crippen LogP contribution is -2.45. The molecule has 1 saturated heterocycles. The zero-order valence-electron chi connectivity index (χ0n) is 11.7. The quantitative estimate of drug-likeness (QED) is 0.908. The van der Waals surface area contributed by atoms with Gasteiger partial charge in [-0.15, -0.1) is 0 Å². The molecule has 0 bridgehead atoms. The van der Waals surface area contributed by atoms with Crippen LogP contribution in [0.4, 0.5) is 0 Å². The zero-order valence-corrected chi connectivity index (χ0v) is 11.7. The summed E-state index contributed by atoms with van der Waals surface area (Å²) in [4.78, 5) is 18.5. The van der Waals surface area contributed by atoms with Gasteiger partial charge in [-0.25, -0.2) is 0 Å². The highest BCUT2D eigenvalue weighted by Crippen LogP contribution is 2.23. The fourth-order valence-corrected chi connectivity index (χ4v) is 2.74. The molecule has 2 atom stereocenters. The fourth-order valence-electron chi connectivity index (χ4n) is 2.74.